The molecule has 7 nitrogen and oxygen atoms in total. The number of amides is 1. The first-order valence-corrected chi connectivity index (χ1v) is 10.2. The topological polar surface area (TPSA) is 81.9 Å². The summed E-state index contributed by atoms with van der Waals surface area (Å²) in [6, 6.07) is 11.5. The molecular weight excluding hydrogens is 366 g/mol. The van der Waals surface area contributed by atoms with Crippen LogP contribution in [0, 0.1) is 0 Å². The number of benzene rings is 1. The number of carbonyl (C=O) groups excluding carboxylic acids is 1. The highest BCUT2D eigenvalue weighted by molar-refractivity contribution is 5.98. The van der Waals surface area contributed by atoms with Gasteiger partial charge in [-0.25, -0.2) is 4.68 Å². The van der Waals surface area contributed by atoms with Crippen LogP contribution >= 0.6 is 0 Å². The van der Waals surface area contributed by atoms with Crippen molar-refractivity contribution in [2.75, 3.05) is 6.61 Å². The molecule has 150 valence electrons. The summed E-state index contributed by atoms with van der Waals surface area (Å²) in [7, 11) is 0. The van der Waals surface area contributed by atoms with E-state index in [2.05, 4.69) is 20.6 Å². The fourth-order valence-electron chi connectivity index (χ4n) is 3.74. The zero-order valence-electron chi connectivity index (χ0n) is 16.5. The lowest BCUT2D eigenvalue weighted by Crippen LogP contribution is -2.36. The van der Waals surface area contributed by atoms with Crippen LogP contribution in [-0.2, 0) is 0 Å². The molecule has 0 aliphatic heterocycles. The lowest BCUT2D eigenvalue weighted by atomic mass is 9.95. The van der Waals surface area contributed by atoms with Crippen molar-refractivity contribution in [2.45, 2.75) is 45.1 Å². The van der Waals surface area contributed by atoms with Gasteiger partial charge in [0.25, 0.3) is 5.91 Å². The van der Waals surface area contributed by atoms with Gasteiger partial charge in [0.05, 0.1) is 12.3 Å². The third kappa shape index (κ3) is 4.29. The highest BCUT2D eigenvalue weighted by Crippen LogP contribution is 2.26. The zero-order valence-corrected chi connectivity index (χ0v) is 16.5. The number of rotatable bonds is 6. The molecule has 1 saturated carbocycles. The lowest BCUT2D eigenvalue weighted by molar-refractivity contribution is 0.0923. The Morgan fingerprint density at radius 2 is 1.83 bits per heavy atom. The second-order valence-corrected chi connectivity index (χ2v) is 7.17. The maximum absolute atomic E-state index is 13.0. The minimum atomic E-state index is -0.180. The number of ether oxygens (including phenoxy) is 1. The third-order valence-electron chi connectivity index (χ3n) is 5.17. The van der Waals surface area contributed by atoms with E-state index in [9.17, 15) is 4.79 Å². The Hall–Kier alpha value is -3.22. The highest BCUT2D eigenvalue weighted by Gasteiger charge is 2.24. The van der Waals surface area contributed by atoms with Crippen molar-refractivity contribution in [2.24, 2.45) is 0 Å². The van der Waals surface area contributed by atoms with Crippen molar-refractivity contribution in [3.8, 4) is 22.7 Å². The quantitative estimate of drug-likeness (QED) is 0.691. The fraction of sp³-hybridized carbons (Fsp3) is 0.364. The predicted molar refractivity (Wildman–Crippen MR) is 110 cm³/mol. The zero-order chi connectivity index (χ0) is 20.1. The summed E-state index contributed by atoms with van der Waals surface area (Å²) < 4.78 is 7.22. The molecule has 0 radical (unpaired) electrons. The predicted octanol–water partition coefficient (Wildman–Crippen LogP) is 3.79. The molecule has 0 bridgehead atoms. The van der Waals surface area contributed by atoms with Gasteiger partial charge in [-0.1, -0.05) is 24.5 Å². The van der Waals surface area contributed by atoms with E-state index in [0.29, 0.717) is 18.0 Å². The first-order valence-electron chi connectivity index (χ1n) is 10.2. The summed E-state index contributed by atoms with van der Waals surface area (Å²) in [6.07, 6.45) is 8.98. The summed E-state index contributed by atoms with van der Waals surface area (Å²) in [6.45, 7) is 2.56. The van der Waals surface area contributed by atoms with E-state index in [0.717, 1.165) is 42.7 Å². The first-order chi connectivity index (χ1) is 14.3. The van der Waals surface area contributed by atoms with Gasteiger partial charge in [-0.3, -0.25) is 9.78 Å². The van der Waals surface area contributed by atoms with E-state index < -0.39 is 0 Å². The molecule has 1 aliphatic carbocycles. The van der Waals surface area contributed by atoms with Crippen LogP contribution in [0.3, 0.4) is 0 Å². The highest BCUT2D eigenvalue weighted by atomic mass is 16.5. The van der Waals surface area contributed by atoms with Gasteiger partial charge in [0.2, 0.25) is 0 Å². The molecule has 7 heteroatoms. The number of nitrogens with one attached hydrogen (secondary N) is 1. The molecular formula is C22H25N5O2. The molecule has 4 rings (SSSR count). The van der Waals surface area contributed by atoms with Gasteiger partial charge in [0.1, 0.15) is 11.4 Å². The van der Waals surface area contributed by atoms with Gasteiger partial charge < -0.3 is 10.1 Å². The second kappa shape index (κ2) is 8.86. The van der Waals surface area contributed by atoms with Gasteiger partial charge in [-0.05, 0) is 56.2 Å². The van der Waals surface area contributed by atoms with E-state index in [4.69, 9.17) is 4.74 Å². The van der Waals surface area contributed by atoms with Crippen LogP contribution in [0.1, 0.15) is 49.5 Å². The van der Waals surface area contributed by atoms with Crippen molar-refractivity contribution < 1.29 is 9.53 Å². The summed E-state index contributed by atoms with van der Waals surface area (Å²) in [5.41, 5.74) is 2.64. The minimum absolute atomic E-state index is 0.180. The van der Waals surface area contributed by atoms with Crippen molar-refractivity contribution in [1.82, 2.24) is 25.3 Å². The SMILES string of the molecule is CCOc1ccc(-n2nnc(C(=O)NC3CCCCC3)c2-c2ccncc2)cc1. The van der Waals surface area contributed by atoms with Crippen molar-refractivity contribution in [3.63, 3.8) is 0 Å². The number of hydrogen-bond donors (Lipinski definition) is 1. The second-order valence-electron chi connectivity index (χ2n) is 7.17. The molecule has 1 fully saturated rings. The van der Waals surface area contributed by atoms with Crippen molar-refractivity contribution in [3.05, 3.63) is 54.5 Å². The molecule has 1 N–H and O–H groups in total. The maximum Gasteiger partial charge on any atom is 0.274 e. The molecule has 1 aromatic carbocycles. The number of carbonyl (C=O) groups is 1. The molecule has 0 unspecified atom stereocenters. The average molecular weight is 391 g/mol. The van der Waals surface area contributed by atoms with Gasteiger partial charge >= 0.3 is 0 Å². The van der Waals surface area contributed by atoms with Crippen LogP contribution in [0.4, 0.5) is 0 Å². The first kappa shape index (κ1) is 19.1. The Morgan fingerprint density at radius 3 is 2.52 bits per heavy atom. The number of nitrogens with zero attached hydrogens (tertiary/aromatic N) is 4. The molecule has 0 spiro atoms. The number of aromatic nitrogens is 4. The summed E-state index contributed by atoms with van der Waals surface area (Å²) >= 11 is 0. The van der Waals surface area contributed by atoms with Crippen molar-refractivity contribution in [1.29, 1.82) is 0 Å². The Balaban J connectivity index is 1.69. The summed E-state index contributed by atoms with van der Waals surface area (Å²) in [4.78, 5) is 17.1. The monoisotopic (exact) mass is 391 g/mol. The summed E-state index contributed by atoms with van der Waals surface area (Å²) in [5, 5.41) is 11.7. The lowest BCUT2D eigenvalue weighted by Gasteiger charge is -2.22. The molecule has 1 amide bonds. The molecule has 0 saturated heterocycles. The van der Waals surface area contributed by atoms with Gasteiger partial charge in [-0.15, -0.1) is 5.10 Å². The molecule has 0 atom stereocenters. The van der Waals surface area contributed by atoms with E-state index >= 15 is 0 Å². The largest absolute Gasteiger partial charge is 0.494 e. The molecule has 2 heterocycles. The molecule has 3 aromatic rings. The fourth-order valence-corrected chi connectivity index (χ4v) is 3.74. The number of pyridine rings is 1. The van der Waals surface area contributed by atoms with Crippen LogP contribution in [0.25, 0.3) is 16.9 Å². The normalized spacial score (nSPS) is 14.5. The minimum Gasteiger partial charge on any atom is -0.494 e. The maximum atomic E-state index is 13.0. The third-order valence-corrected chi connectivity index (χ3v) is 5.17. The standard InChI is InChI=1S/C22H25N5O2/c1-2-29-19-10-8-18(9-11-19)27-21(16-12-14-23-15-13-16)20(25-26-27)22(28)24-17-6-4-3-5-7-17/h8-15,17H,2-7H2,1H3,(H,24,28). The smallest absolute Gasteiger partial charge is 0.274 e. The van der Waals surface area contributed by atoms with Crippen LogP contribution in [0.15, 0.2) is 48.8 Å². The van der Waals surface area contributed by atoms with Crippen LogP contribution in [-0.4, -0.2) is 38.5 Å². The Morgan fingerprint density at radius 1 is 1.10 bits per heavy atom. The van der Waals surface area contributed by atoms with Crippen molar-refractivity contribution >= 4 is 5.91 Å². The molecule has 2 aromatic heterocycles. The molecule has 29 heavy (non-hydrogen) atoms. The Kier molecular flexibility index (Phi) is 5.84. The van der Waals surface area contributed by atoms with E-state index in [1.54, 1.807) is 17.1 Å². The van der Waals surface area contributed by atoms with E-state index in [1.807, 2.05) is 43.3 Å². The van der Waals surface area contributed by atoms with Crippen LogP contribution in [0.2, 0.25) is 0 Å². The Bertz CT molecular complexity index is 947. The van der Waals surface area contributed by atoms with E-state index in [-0.39, 0.29) is 11.9 Å². The van der Waals surface area contributed by atoms with Gasteiger partial charge in [0.15, 0.2) is 5.69 Å². The van der Waals surface area contributed by atoms with E-state index in [1.165, 1.54) is 6.42 Å². The summed E-state index contributed by atoms with van der Waals surface area (Å²) in [5.74, 6) is 0.609. The number of hydrogen-bond acceptors (Lipinski definition) is 5. The van der Waals surface area contributed by atoms with Gasteiger partial charge in [0, 0.05) is 24.0 Å². The van der Waals surface area contributed by atoms with Gasteiger partial charge in [-0.2, -0.15) is 0 Å². The average Bonchev–Trinajstić information content (AvgIpc) is 3.21. The van der Waals surface area contributed by atoms with Crippen LogP contribution < -0.4 is 10.1 Å². The van der Waals surface area contributed by atoms with Crippen LogP contribution in [0.5, 0.6) is 5.75 Å². The Labute approximate surface area is 170 Å². The molecule has 1 aliphatic rings.